The van der Waals surface area contributed by atoms with E-state index in [1.54, 1.807) is 32.9 Å². The Hall–Kier alpha value is -1.93. The summed E-state index contributed by atoms with van der Waals surface area (Å²) < 4.78 is 32.8. The topological polar surface area (TPSA) is 92.8 Å². The van der Waals surface area contributed by atoms with E-state index in [1.807, 2.05) is 6.92 Å². The van der Waals surface area contributed by atoms with Crippen molar-refractivity contribution >= 4 is 22.4 Å². The lowest BCUT2D eigenvalue weighted by Crippen LogP contribution is -2.42. The van der Waals surface area contributed by atoms with E-state index in [2.05, 4.69) is 4.72 Å². The molecule has 0 saturated carbocycles. The molecule has 2 rings (SSSR count). The highest BCUT2D eigenvalue weighted by Gasteiger charge is 2.39. The SMILES string of the molecule is Cc1ccc(S(=O)(=O)N[C@@H]2C[C@@H](C=O)N(C(=O)OC(C)(C)C)C2)cc1. The van der Waals surface area contributed by atoms with Gasteiger partial charge in [0.25, 0.3) is 0 Å². The van der Waals surface area contributed by atoms with Gasteiger partial charge in [0.15, 0.2) is 0 Å². The summed E-state index contributed by atoms with van der Waals surface area (Å²) in [6.07, 6.45) is 0.236. The average molecular weight is 368 g/mol. The van der Waals surface area contributed by atoms with Crippen molar-refractivity contribution in [3.8, 4) is 0 Å². The maximum Gasteiger partial charge on any atom is 0.410 e. The van der Waals surface area contributed by atoms with Gasteiger partial charge in [-0.3, -0.25) is 4.90 Å². The number of hydrogen-bond acceptors (Lipinski definition) is 5. The molecule has 2 atom stereocenters. The number of likely N-dealkylation sites (tertiary alicyclic amines) is 1. The van der Waals surface area contributed by atoms with Crippen LogP contribution in [0.2, 0.25) is 0 Å². The van der Waals surface area contributed by atoms with Crippen molar-refractivity contribution in [2.75, 3.05) is 6.54 Å². The lowest BCUT2D eigenvalue weighted by atomic mass is 10.2. The minimum absolute atomic E-state index is 0.0867. The smallest absolute Gasteiger partial charge is 0.410 e. The molecule has 1 heterocycles. The van der Waals surface area contributed by atoms with Crippen molar-refractivity contribution in [1.29, 1.82) is 0 Å². The molecule has 1 N–H and O–H groups in total. The number of amides is 1. The highest BCUT2D eigenvalue weighted by molar-refractivity contribution is 7.89. The molecular formula is C17H24N2O5S. The van der Waals surface area contributed by atoms with Crippen LogP contribution in [0.25, 0.3) is 0 Å². The van der Waals surface area contributed by atoms with E-state index in [-0.39, 0.29) is 17.9 Å². The van der Waals surface area contributed by atoms with E-state index in [1.165, 1.54) is 17.0 Å². The Balaban J connectivity index is 2.10. The minimum atomic E-state index is -3.72. The summed E-state index contributed by atoms with van der Waals surface area (Å²) in [6, 6.07) is 5.22. The van der Waals surface area contributed by atoms with Crippen molar-refractivity contribution in [1.82, 2.24) is 9.62 Å². The molecule has 1 aromatic carbocycles. The van der Waals surface area contributed by atoms with Gasteiger partial charge in [-0.1, -0.05) is 17.7 Å². The first kappa shape index (κ1) is 19.4. The Kier molecular flexibility index (Phi) is 5.53. The molecule has 1 aliphatic heterocycles. The molecule has 1 fully saturated rings. The predicted molar refractivity (Wildman–Crippen MR) is 92.7 cm³/mol. The molecule has 0 spiro atoms. The number of carbonyl (C=O) groups excluding carboxylic acids is 2. The van der Waals surface area contributed by atoms with Crippen molar-refractivity contribution in [3.63, 3.8) is 0 Å². The van der Waals surface area contributed by atoms with Gasteiger partial charge in [-0.15, -0.1) is 0 Å². The van der Waals surface area contributed by atoms with E-state index in [9.17, 15) is 18.0 Å². The summed E-state index contributed by atoms with van der Waals surface area (Å²) >= 11 is 0. The normalized spacial score (nSPS) is 21.2. The summed E-state index contributed by atoms with van der Waals surface area (Å²) in [5.41, 5.74) is 0.265. The third-order valence-electron chi connectivity index (χ3n) is 3.78. The van der Waals surface area contributed by atoms with Gasteiger partial charge in [0.2, 0.25) is 10.0 Å². The molecule has 0 unspecified atom stereocenters. The molecule has 0 aliphatic carbocycles. The zero-order chi connectivity index (χ0) is 18.8. The van der Waals surface area contributed by atoms with E-state index in [0.29, 0.717) is 6.29 Å². The number of rotatable bonds is 4. The standard InChI is InChI=1S/C17H24N2O5S/c1-12-5-7-15(8-6-12)25(22,23)18-13-9-14(11-20)19(10-13)16(21)24-17(2,3)4/h5-8,11,13-14,18H,9-10H2,1-4H3/t13-,14+/m1/s1. The number of sulfonamides is 1. The van der Waals surface area contributed by atoms with Crippen LogP contribution in [0.15, 0.2) is 29.2 Å². The zero-order valence-electron chi connectivity index (χ0n) is 14.9. The predicted octanol–water partition coefficient (Wildman–Crippen LogP) is 1.85. The number of nitrogens with zero attached hydrogens (tertiary/aromatic N) is 1. The van der Waals surface area contributed by atoms with Crippen LogP contribution in [0, 0.1) is 6.92 Å². The molecule has 8 heteroatoms. The van der Waals surface area contributed by atoms with Crippen molar-refractivity contribution < 1.29 is 22.7 Å². The number of benzene rings is 1. The summed E-state index contributed by atoms with van der Waals surface area (Å²) in [4.78, 5) is 24.9. The fourth-order valence-electron chi connectivity index (χ4n) is 2.62. The van der Waals surface area contributed by atoms with Gasteiger partial charge < -0.3 is 9.53 Å². The zero-order valence-corrected chi connectivity index (χ0v) is 15.7. The first-order valence-electron chi connectivity index (χ1n) is 8.06. The molecule has 1 amide bonds. The first-order valence-corrected chi connectivity index (χ1v) is 9.54. The van der Waals surface area contributed by atoms with Gasteiger partial charge in [-0.2, -0.15) is 0 Å². The summed E-state index contributed by atoms with van der Waals surface area (Å²) in [6.45, 7) is 7.15. The summed E-state index contributed by atoms with van der Waals surface area (Å²) in [5, 5.41) is 0. The van der Waals surface area contributed by atoms with Crippen molar-refractivity contribution in [3.05, 3.63) is 29.8 Å². The lowest BCUT2D eigenvalue weighted by molar-refractivity contribution is -0.111. The lowest BCUT2D eigenvalue weighted by Gasteiger charge is -2.26. The highest BCUT2D eigenvalue weighted by atomic mass is 32.2. The first-order chi connectivity index (χ1) is 11.5. The van der Waals surface area contributed by atoms with Gasteiger partial charge in [0, 0.05) is 12.6 Å². The molecule has 1 aliphatic rings. The fraction of sp³-hybridized carbons (Fsp3) is 0.529. The van der Waals surface area contributed by atoms with Gasteiger partial charge in [-0.05, 0) is 46.2 Å². The number of ether oxygens (including phenoxy) is 1. The van der Waals surface area contributed by atoms with Crippen LogP contribution in [-0.4, -0.2) is 49.9 Å². The molecule has 138 valence electrons. The average Bonchev–Trinajstić information content (AvgIpc) is 2.88. The van der Waals surface area contributed by atoms with Gasteiger partial charge in [0.1, 0.15) is 11.9 Å². The molecule has 0 radical (unpaired) electrons. The molecule has 0 bridgehead atoms. The maximum atomic E-state index is 12.5. The fourth-order valence-corrected chi connectivity index (χ4v) is 3.86. The van der Waals surface area contributed by atoms with Crippen LogP contribution in [0.3, 0.4) is 0 Å². The molecule has 0 aromatic heterocycles. The van der Waals surface area contributed by atoms with Crippen LogP contribution in [0.5, 0.6) is 0 Å². The van der Waals surface area contributed by atoms with Gasteiger partial charge in [0.05, 0.1) is 10.9 Å². The number of hydrogen-bond donors (Lipinski definition) is 1. The van der Waals surface area contributed by atoms with E-state index >= 15 is 0 Å². The molecule has 7 nitrogen and oxygen atoms in total. The van der Waals surface area contributed by atoms with Crippen LogP contribution in [0.4, 0.5) is 4.79 Å². The quantitative estimate of drug-likeness (QED) is 0.819. The van der Waals surface area contributed by atoms with Crippen LogP contribution in [0.1, 0.15) is 32.8 Å². The second-order valence-electron chi connectivity index (χ2n) is 7.20. The second kappa shape index (κ2) is 7.13. The number of carbonyl (C=O) groups is 2. The number of nitrogens with one attached hydrogen (secondary N) is 1. The van der Waals surface area contributed by atoms with Crippen LogP contribution >= 0.6 is 0 Å². The Morgan fingerprint density at radius 2 is 1.88 bits per heavy atom. The van der Waals surface area contributed by atoms with Gasteiger partial charge in [-0.25, -0.2) is 17.9 Å². The Labute approximate surface area is 148 Å². The molecular weight excluding hydrogens is 344 g/mol. The third kappa shape index (κ3) is 5.02. The van der Waals surface area contributed by atoms with Crippen LogP contribution < -0.4 is 4.72 Å². The van der Waals surface area contributed by atoms with E-state index < -0.39 is 33.8 Å². The molecule has 1 aromatic rings. The Morgan fingerprint density at radius 1 is 1.28 bits per heavy atom. The Morgan fingerprint density at radius 3 is 2.40 bits per heavy atom. The van der Waals surface area contributed by atoms with Crippen molar-refractivity contribution in [2.45, 2.75) is 56.7 Å². The van der Waals surface area contributed by atoms with Crippen molar-refractivity contribution in [2.24, 2.45) is 0 Å². The summed E-state index contributed by atoms with van der Waals surface area (Å²) in [5.74, 6) is 0. The van der Waals surface area contributed by atoms with E-state index in [4.69, 9.17) is 4.74 Å². The molecule has 25 heavy (non-hydrogen) atoms. The summed E-state index contributed by atoms with van der Waals surface area (Å²) in [7, 11) is -3.72. The third-order valence-corrected chi connectivity index (χ3v) is 5.32. The Bertz CT molecular complexity index is 737. The number of aryl methyl sites for hydroxylation is 1. The largest absolute Gasteiger partial charge is 0.444 e. The second-order valence-corrected chi connectivity index (χ2v) is 8.92. The minimum Gasteiger partial charge on any atom is -0.444 e. The van der Waals surface area contributed by atoms with Crippen LogP contribution in [-0.2, 0) is 19.6 Å². The van der Waals surface area contributed by atoms with E-state index in [0.717, 1.165) is 5.56 Å². The highest BCUT2D eigenvalue weighted by Crippen LogP contribution is 2.22. The van der Waals surface area contributed by atoms with Gasteiger partial charge >= 0.3 is 6.09 Å². The monoisotopic (exact) mass is 368 g/mol. The number of aldehydes is 1. The molecule has 1 saturated heterocycles. The maximum absolute atomic E-state index is 12.5.